The monoisotopic (exact) mass is 351 g/mol. The molecule has 2 aliphatic carbocycles. The summed E-state index contributed by atoms with van der Waals surface area (Å²) in [5.74, 6) is -0.508. The number of nitrogens with one attached hydrogen (secondary N) is 2. The summed E-state index contributed by atoms with van der Waals surface area (Å²) in [5.41, 5.74) is -0.763. The first-order chi connectivity index (χ1) is 12.0. The van der Waals surface area contributed by atoms with E-state index in [0.717, 1.165) is 30.6 Å². The van der Waals surface area contributed by atoms with Gasteiger partial charge in [0.1, 0.15) is 12.1 Å². The van der Waals surface area contributed by atoms with Gasteiger partial charge in [-0.25, -0.2) is 4.79 Å². The molecule has 0 spiro atoms. The normalized spacial score (nSPS) is 21.9. The molecule has 3 fully saturated rings. The van der Waals surface area contributed by atoms with E-state index >= 15 is 0 Å². The first kappa shape index (κ1) is 17.7. The van der Waals surface area contributed by atoms with Gasteiger partial charge < -0.3 is 15.4 Å². The Morgan fingerprint density at radius 3 is 2.44 bits per heavy atom. The van der Waals surface area contributed by atoms with Gasteiger partial charge in [-0.2, -0.15) is 0 Å². The molecule has 1 saturated heterocycles. The number of amides is 4. The number of urea groups is 1. The molecule has 8 nitrogen and oxygen atoms in total. The molecule has 0 bridgehead atoms. The van der Waals surface area contributed by atoms with Gasteiger partial charge in [0.25, 0.3) is 5.91 Å². The summed E-state index contributed by atoms with van der Waals surface area (Å²) < 4.78 is 4.81. The van der Waals surface area contributed by atoms with Crippen molar-refractivity contribution in [1.29, 1.82) is 0 Å². The Morgan fingerprint density at radius 2 is 1.88 bits per heavy atom. The van der Waals surface area contributed by atoms with E-state index < -0.39 is 17.5 Å². The summed E-state index contributed by atoms with van der Waals surface area (Å²) in [6, 6.07) is -0.467. The van der Waals surface area contributed by atoms with Gasteiger partial charge in [0.2, 0.25) is 5.91 Å². The molecule has 0 radical (unpaired) electrons. The van der Waals surface area contributed by atoms with E-state index in [9.17, 15) is 19.2 Å². The number of hydrogen-bond acceptors (Lipinski definition) is 5. The fourth-order valence-corrected chi connectivity index (χ4v) is 3.61. The lowest BCUT2D eigenvalue weighted by atomic mass is 9.87. The predicted octanol–water partition coefficient (Wildman–Crippen LogP) is 0.557. The van der Waals surface area contributed by atoms with Gasteiger partial charge in [0.15, 0.2) is 0 Å². The lowest BCUT2D eigenvalue weighted by Gasteiger charge is -2.26. The summed E-state index contributed by atoms with van der Waals surface area (Å²) >= 11 is 0. The van der Waals surface area contributed by atoms with Crippen molar-refractivity contribution < 1.29 is 23.9 Å². The van der Waals surface area contributed by atoms with Gasteiger partial charge in [-0.1, -0.05) is 0 Å². The molecule has 0 aromatic heterocycles. The lowest BCUT2D eigenvalue weighted by molar-refractivity contribution is -0.143. The van der Waals surface area contributed by atoms with Crippen LogP contribution in [0.25, 0.3) is 0 Å². The molecule has 8 heteroatoms. The van der Waals surface area contributed by atoms with Crippen LogP contribution in [-0.2, 0) is 19.1 Å². The molecule has 4 amide bonds. The number of ether oxygens (including phenoxy) is 1. The number of nitrogens with zero attached hydrogens (tertiary/aromatic N) is 1. The van der Waals surface area contributed by atoms with Crippen molar-refractivity contribution in [3.05, 3.63) is 0 Å². The standard InChI is InChI=1S/C17H25N3O5/c1-2-25-14(22)4-3-9-18-13(21)10-20-15(23)17(11-5-6-11,12-7-8-12)19-16(20)24/h11-12H,2-10H2,1H3,(H,18,21)(H,19,24). The van der Waals surface area contributed by atoms with Crippen molar-refractivity contribution >= 4 is 23.8 Å². The van der Waals surface area contributed by atoms with Crippen LogP contribution in [-0.4, -0.2) is 54.0 Å². The minimum atomic E-state index is -0.763. The van der Waals surface area contributed by atoms with E-state index in [4.69, 9.17) is 4.74 Å². The number of rotatable bonds is 9. The molecule has 0 atom stereocenters. The largest absolute Gasteiger partial charge is 0.466 e. The van der Waals surface area contributed by atoms with Crippen LogP contribution < -0.4 is 10.6 Å². The summed E-state index contributed by atoms with van der Waals surface area (Å²) in [4.78, 5) is 49.4. The lowest BCUT2D eigenvalue weighted by Crippen LogP contribution is -2.51. The minimum absolute atomic E-state index is 0.217. The number of esters is 1. The van der Waals surface area contributed by atoms with E-state index in [2.05, 4.69) is 10.6 Å². The maximum Gasteiger partial charge on any atom is 0.325 e. The summed E-state index contributed by atoms with van der Waals surface area (Å²) in [6.07, 6.45) is 4.50. The Labute approximate surface area is 146 Å². The number of carbonyl (C=O) groups excluding carboxylic acids is 4. The zero-order chi connectivity index (χ0) is 18.0. The van der Waals surface area contributed by atoms with E-state index in [1.165, 1.54) is 0 Å². The van der Waals surface area contributed by atoms with Crippen molar-refractivity contribution in [2.24, 2.45) is 11.8 Å². The van der Waals surface area contributed by atoms with Crippen LogP contribution >= 0.6 is 0 Å². The SMILES string of the molecule is CCOC(=O)CCCNC(=O)CN1C(=O)NC(C2CC2)(C2CC2)C1=O. The molecular formula is C17H25N3O5. The molecule has 3 rings (SSSR count). The second-order valence-electron chi connectivity index (χ2n) is 7.00. The van der Waals surface area contributed by atoms with Crippen LogP contribution in [0.2, 0.25) is 0 Å². The molecular weight excluding hydrogens is 326 g/mol. The Bertz CT molecular complexity index is 571. The molecule has 0 aromatic carbocycles. The smallest absolute Gasteiger partial charge is 0.325 e. The Hall–Kier alpha value is -2.12. The first-order valence-electron chi connectivity index (χ1n) is 9.05. The third kappa shape index (κ3) is 3.62. The first-order valence-corrected chi connectivity index (χ1v) is 9.05. The zero-order valence-electron chi connectivity index (χ0n) is 14.5. The second-order valence-corrected chi connectivity index (χ2v) is 7.00. The van der Waals surface area contributed by atoms with Gasteiger partial charge in [0.05, 0.1) is 6.61 Å². The van der Waals surface area contributed by atoms with E-state index in [1.54, 1.807) is 6.92 Å². The second kappa shape index (κ2) is 7.01. The molecule has 1 heterocycles. The van der Waals surface area contributed by atoms with Crippen LogP contribution in [0.1, 0.15) is 45.4 Å². The molecule has 2 saturated carbocycles. The van der Waals surface area contributed by atoms with E-state index in [-0.39, 0.29) is 36.7 Å². The van der Waals surface area contributed by atoms with Crippen LogP contribution in [0.3, 0.4) is 0 Å². The Morgan fingerprint density at radius 1 is 1.24 bits per heavy atom. The number of carbonyl (C=O) groups is 4. The third-order valence-corrected chi connectivity index (χ3v) is 5.09. The Kier molecular flexibility index (Phi) is 4.96. The van der Waals surface area contributed by atoms with Gasteiger partial charge in [-0.05, 0) is 50.9 Å². The predicted molar refractivity (Wildman–Crippen MR) is 87.3 cm³/mol. The fourth-order valence-electron chi connectivity index (χ4n) is 3.61. The Balaban J connectivity index is 1.47. The van der Waals surface area contributed by atoms with Crippen molar-refractivity contribution in [3.8, 4) is 0 Å². The van der Waals surface area contributed by atoms with Gasteiger partial charge in [-0.15, -0.1) is 0 Å². The maximum absolute atomic E-state index is 12.8. The topological polar surface area (TPSA) is 105 Å². The quantitative estimate of drug-likeness (QED) is 0.359. The number of imide groups is 1. The maximum atomic E-state index is 12.8. The van der Waals surface area contributed by atoms with Gasteiger partial charge in [0, 0.05) is 13.0 Å². The number of hydrogen-bond donors (Lipinski definition) is 2. The van der Waals surface area contributed by atoms with E-state index in [1.807, 2.05) is 0 Å². The third-order valence-electron chi connectivity index (χ3n) is 5.09. The zero-order valence-corrected chi connectivity index (χ0v) is 14.5. The highest BCUT2D eigenvalue weighted by atomic mass is 16.5. The van der Waals surface area contributed by atoms with Crippen molar-refractivity contribution in [2.75, 3.05) is 19.7 Å². The molecule has 138 valence electrons. The van der Waals surface area contributed by atoms with Gasteiger partial charge in [-0.3, -0.25) is 19.3 Å². The molecule has 3 aliphatic rings. The van der Waals surface area contributed by atoms with E-state index in [0.29, 0.717) is 19.6 Å². The highest BCUT2D eigenvalue weighted by Gasteiger charge is 2.65. The molecule has 1 aliphatic heterocycles. The summed E-state index contributed by atoms with van der Waals surface area (Å²) in [7, 11) is 0. The van der Waals surface area contributed by atoms with Crippen LogP contribution in [0.15, 0.2) is 0 Å². The average Bonchev–Trinajstić information content (AvgIpc) is 3.46. The molecule has 2 N–H and O–H groups in total. The van der Waals surface area contributed by atoms with Gasteiger partial charge >= 0.3 is 12.0 Å². The minimum Gasteiger partial charge on any atom is -0.466 e. The fraction of sp³-hybridized carbons (Fsp3) is 0.765. The van der Waals surface area contributed by atoms with Crippen molar-refractivity contribution in [3.63, 3.8) is 0 Å². The van der Waals surface area contributed by atoms with Crippen LogP contribution in [0.5, 0.6) is 0 Å². The average molecular weight is 351 g/mol. The van der Waals surface area contributed by atoms with Crippen molar-refractivity contribution in [2.45, 2.75) is 51.0 Å². The highest BCUT2D eigenvalue weighted by molar-refractivity contribution is 6.09. The van der Waals surface area contributed by atoms with Crippen LogP contribution in [0.4, 0.5) is 4.79 Å². The summed E-state index contributed by atoms with van der Waals surface area (Å²) in [5, 5.41) is 5.53. The summed E-state index contributed by atoms with van der Waals surface area (Å²) in [6.45, 7) is 2.10. The molecule has 0 aromatic rings. The molecule has 25 heavy (non-hydrogen) atoms. The highest BCUT2D eigenvalue weighted by Crippen LogP contribution is 2.54. The molecule has 0 unspecified atom stereocenters. The van der Waals surface area contributed by atoms with Crippen molar-refractivity contribution in [1.82, 2.24) is 15.5 Å². The van der Waals surface area contributed by atoms with Crippen LogP contribution in [0, 0.1) is 11.8 Å².